The molecule has 104 valence electrons. The Morgan fingerprint density at radius 1 is 1.14 bits per heavy atom. The summed E-state index contributed by atoms with van der Waals surface area (Å²) in [5, 5.41) is 3.24. The minimum absolute atomic E-state index is 0.255. The summed E-state index contributed by atoms with van der Waals surface area (Å²) in [5.74, 6) is -0.334. The molecule has 2 aromatic carbocycles. The minimum Gasteiger partial charge on any atom is -0.319 e. The molecular formula is C16H12ClN3O. The smallest absolute Gasteiger partial charge is 0.275 e. The molecule has 0 aliphatic carbocycles. The number of hydrogen-bond donors (Lipinski definition) is 1. The van der Waals surface area contributed by atoms with Gasteiger partial charge in [-0.1, -0.05) is 29.8 Å². The van der Waals surface area contributed by atoms with Gasteiger partial charge in [0.15, 0.2) is 0 Å². The maximum absolute atomic E-state index is 12.2. The molecule has 0 atom stereocenters. The number of nitrogens with one attached hydrogen (secondary N) is 1. The summed E-state index contributed by atoms with van der Waals surface area (Å²) in [5.41, 5.74) is 3.28. The summed E-state index contributed by atoms with van der Waals surface area (Å²) < 4.78 is 0. The predicted octanol–water partition coefficient (Wildman–Crippen LogP) is 3.84. The summed E-state index contributed by atoms with van der Waals surface area (Å²) in [6.45, 7) is 1.94. The molecule has 0 unspecified atom stereocenters. The Balaban J connectivity index is 1.89. The van der Waals surface area contributed by atoms with Crippen molar-refractivity contribution in [1.29, 1.82) is 0 Å². The fourth-order valence-electron chi connectivity index (χ4n) is 1.97. The highest BCUT2D eigenvalue weighted by Gasteiger charge is 2.11. The van der Waals surface area contributed by atoms with E-state index in [9.17, 15) is 4.79 Å². The first-order valence-electron chi connectivity index (χ1n) is 6.43. The second-order valence-corrected chi connectivity index (χ2v) is 5.09. The summed E-state index contributed by atoms with van der Waals surface area (Å²) in [4.78, 5) is 20.7. The lowest BCUT2D eigenvalue weighted by Crippen LogP contribution is -2.14. The third-order valence-electron chi connectivity index (χ3n) is 3.05. The normalized spacial score (nSPS) is 10.6. The maximum atomic E-state index is 12.2. The monoisotopic (exact) mass is 297 g/mol. The molecule has 3 aromatic rings. The maximum Gasteiger partial charge on any atom is 0.275 e. The Morgan fingerprint density at radius 2 is 1.90 bits per heavy atom. The molecule has 0 radical (unpaired) electrons. The SMILES string of the molecule is Cc1ccc(NC(=O)c2cnc3ccccc3n2)c(Cl)c1. The van der Waals surface area contributed by atoms with Crippen LogP contribution in [-0.4, -0.2) is 15.9 Å². The Labute approximate surface area is 126 Å². The van der Waals surface area contributed by atoms with Crippen LogP contribution >= 0.6 is 11.6 Å². The van der Waals surface area contributed by atoms with Gasteiger partial charge in [0.1, 0.15) is 5.69 Å². The van der Waals surface area contributed by atoms with Gasteiger partial charge in [-0.05, 0) is 36.8 Å². The van der Waals surface area contributed by atoms with Crippen LogP contribution in [0.25, 0.3) is 11.0 Å². The second kappa shape index (κ2) is 5.50. The number of nitrogens with zero attached hydrogens (tertiary/aromatic N) is 2. The number of rotatable bonds is 2. The number of carbonyl (C=O) groups is 1. The summed E-state index contributed by atoms with van der Waals surface area (Å²) >= 11 is 6.11. The molecule has 0 saturated carbocycles. The van der Waals surface area contributed by atoms with Crippen molar-refractivity contribution < 1.29 is 4.79 Å². The first kappa shape index (κ1) is 13.5. The Morgan fingerprint density at radius 3 is 2.67 bits per heavy atom. The van der Waals surface area contributed by atoms with E-state index in [1.165, 1.54) is 6.20 Å². The number of hydrogen-bond acceptors (Lipinski definition) is 3. The lowest BCUT2D eigenvalue weighted by Gasteiger charge is -2.07. The van der Waals surface area contributed by atoms with E-state index in [4.69, 9.17) is 11.6 Å². The van der Waals surface area contributed by atoms with Crippen molar-refractivity contribution in [3.63, 3.8) is 0 Å². The minimum atomic E-state index is -0.334. The molecule has 0 saturated heterocycles. The van der Waals surface area contributed by atoms with Crippen molar-refractivity contribution in [3.05, 3.63) is 64.9 Å². The van der Waals surface area contributed by atoms with Crippen molar-refractivity contribution in [2.45, 2.75) is 6.92 Å². The van der Waals surface area contributed by atoms with E-state index in [0.717, 1.165) is 11.1 Å². The summed E-state index contributed by atoms with van der Waals surface area (Å²) in [6.07, 6.45) is 1.46. The summed E-state index contributed by atoms with van der Waals surface area (Å²) in [6, 6.07) is 12.8. The molecule has 0 bridgehead atoms. The van der Waals surface area contributed by atoms with Crippen molar-refractivity contribution >= 4 is 34.2 Å². The topological polar surface area (TPSA) is 54.9 Å². The van der Waals surface area contributed by atoms with Gasteiger partial charge in [0.25, 0.3) is 5.91 Å². The van der Waals surface area contributed by atoms with Crippen molar-refractivity contribution in [1.82, 2.24) is 9.97 Å². The number of para-hydroxylation sites is 2. The van der Waals surface area contributed by atoms with E-state index in [1.54, 1.807) is 12.1 Å². The Hall–Kier alpha value is -2.46. The average molecular weight is 298 g/mol. The molecule has 5 heteroatoms. The van der Waals surface area contributed by atoms with Crippen LogP contribution < -0.4 is 5.32 Å². The van der Waals surface area contributed by atoms with Crippen LogP contribution in [0.3, 0.4) is 0 Å². The quantitative estimate of drug-likeness (QED) is 0.782. The van der Waals surface area contributed by atoms with Crippen LogP contribution in [0.1, 0.15) is 16.1 Å². The zero-order valence-corrected chi connectivity index (χ0v) is 12.1. The van der Waals surface area contributed by atoms with Crippen molar-refractivity contribution in [3.8, 4) is 0 Å². The standard InChI is InChI=1S/C16H12ClN3O/c1-10-6-7-12(11(17)8-10)20-16(21)15-9-18-13-4-2-3-5-14(13)19-15/h2-9H,1H3,(H,20,21). The first-order valence-corrected chi connectivity index (χ1v) is 6.80. The molecule has 1 amide bonds. The number of benzene rings is 2. The van der Waals surface area contributed by atoms with Gasteiger partial charge in [0, 0.05) is 0 Å². The average Bonchev–Trinajstić information content (AvgIpc) is 2.49. The van der Waals surface area contributed by atoms with Gasteiger partial charge in [0.2, 0.25) is 0 Å². The highest BCUT2D eigenvalue weighted by molar-refractivity contribution is 6.34. The number of anilines is 1. The van der Waals surface area contributed by atoms with Gasteiger partial charge in [-0.25, -0.2) is 4.98 Å². The lowest BCUT2D eigenvalue weighted by atomic mass is 10.2. The van der Waals surface area contributed by atoms with Gasteiger partial charge < -0.3 is 5.32 Å². The lowest BCUT2D eigenvalue weighted by molar-refractivity contribution is 0.102. The third kappa shape index (κ3) is 2.85. The Kier molecular flexibility index (Phi) is 3.54. The van der Waals surface area contributed by atoms with Crippen LogP contribution in [-0.2, 0) is 0 Å². The van der Waals surface area contributed by atoms with Crippen LogP contribution in [0.15, 0.2) is 48.7 Å². The van der Waals surface area contributed by atoms with Gasteiger partial charge >= 0.3 is 0 Å². The predicted molar refractivity (Wildman–Crippen MR) is 83.7 cm³/mol. The highest BCUT2D eigenvalue weighted by Crippen LogP contribution is 2.23. The molecule has 0 spiro atoms. The van der Waals surface area contributed by atoms with Crippen LogP contribution in [0.2, 0.25) is 5.02 Å². The zero-order valence-electron chi connectivity index (χ0n) is 11.3. The molecule has 1 aromatic heterocycles. The molecule has 0 aliphatic rings. The molecule has 3 rings (SSSR count). The van der Waals surface area contributed by atoms with E-state index in [0.29, 0.717) is 16.2 Å². The first-order chi connectivity index (χ1) is 10.1. The second-order valence-electron chi connectivity index (χ2n) is 4.68. The van der Waals surface area contributed by atoms with E-state index < -0.39 is 0 Å². The zero-order chi connectivity index (χ0) is 14.8. The highest BCUT2D eigenvalue weighted by atomic mass is 35.5. The van der Waals surface area contributed by atoms with Crippen LogP contribution in [0, 0.1) is 6.92 Å². The molecule has 21 heavy (non-hydrogen) atoms. The Bertz CT molecular complexity index is 833. The number of carbonyl (C=O) groups excluding carboxylic acids is 1. The largest absolute Gasteiger partial charge is 0.319 e. The number of halogens is 1. The fraction of sp³-hybridized carbons (Fsp3) is 0.0625. The van der Waals surface area contributed by atoms with E-state index in [-0.39, 0.29) is 11.6 Å². The van der Waals surface area contributed by atoms with E-state index in [2.05, 4.69) is 15.3 Å². The fourth-order valence-corrected chi connectivity index (χ4v) is 2.26. The molecule has 0 fully saturated rings. The van der Waals surface area contributed by atoms with Crippen molar-refractivity contribution in [2.75, 3.05) is 5.32 Å². The molecule has 1 N–H and O–H groups in total. The number of aryl methyl sites for hydroxylation is 1. The van der Waals surface area contributed by atoms with Crippen LogP contribution in [0.5, 0.6) is 0 Å². The molecule has 0 aliphatic heterocycles. The van der Waals surface area contributed by atoms with E-state index >= 15 is 0 Å². The van der Waals surface area contributed by atoms with Crippen LogP contribution in [0.4, 0.5) is 5.69 Å². The summed E-state index contributed by atoms with van der Waals surface area (Å²) in [7, 11) is 0. The molecule has 4 nitrogen and oxygen atoms in total. The van der Waals surface area contributed by atoms with Gasteiger partial charge in [-0.3, -0.25) is 9.78 Å². The third-order valence-corrected chi connectivity index (χ3v) is 3.37. The van der Waals surface area contributed by atoms with Crippen molar-refractivity contribution in [2.24, 2.45) is 0 Å². The van der Waals surface area contributed by atoms with Gasteiger partial charge in [0.05, 0.1) is 27.9 Å². The van der Waals surface area contributed by atoms with E-state index in [1.807, 2.05) is 37.3 Å². The molecular weight excluding hydrogens is 286 g/mol. The molecule has 1 heterocycles. The number of aromatic nitrogens is 2. The number of fused-ring (bicyclic) bond motifs is 1. The number of amides is 1. The van der Waals surface area contributed by atoms with Gasteiger partial charge in [-0.2, -0.15) is 0 Å². The van der Waals surface area contributed by atoms with Gasteiger partial charge in [-0.15, -0.1) is 0 Å².